The van der Waals surface area contributed by atoms with Gasteiger partial charge in [-0.1, -0.05) is 13.0 Å². The first-order chi connectivity index (χ1) is 8.13. The van der Waals surface area contributed by atoms with E-state index in [1.807, 2.05) is 6.07 Å². The number of halogens is 2. The standard InChI is InChI=1S/C13H19BrFNO/c1-3-6-17-9-10(2)16-8-11-4-5-12(14)13(15)7-11/h4-5,7,10,16H,3,6,8-9H2,1-2H3. The van der Waals surface area contributed by atoms with E-state index < -0.39 is 0 Å². The Kier molecular flexibility index (Phi) is 6.70. The van der Waals surface area contributed by atoms with Gasteiger partial charge in [0.2, 0.25) is 0 Å². The molecule has 1 unspecified atom stereocenters. The summed E-state index contributed by atoms with van der Waals surface area (Å²) in [4.78, 5) is 0. The third-order valence-corrected chi connectivity index (χ3v) is 3.00. The minimum atomic E-state index is -0.223. The molecule has 0 spiro atoms. The van der Waals surface area contributed by atoms with Crippen LogP contribution in [0.25, 0.3) is 0 Å². The van der Waals surface area contributed by atoms with E-state index >= 15 is 0 Å². The van der Waals surface area contributed by atoms with Crippen LogP contribution in [0.1, 0.15) is 25.8 Å². The Hall–Kier alpha value is -0.450. The maximum atomic E-state index is 13.3. The first kappa shape index (κ1) is 14.6. The molecule has 4 heteroatoms. The highest BCUT2D eigenvalue weighted by molar-refractivity contribution is 9.10. The molecule has 0 aliphatic heterocycles. The summed E-state index contributed by atoms with van der Waals surface area (Å²) in [5.74, 6) is -0.223. The minimum absolute atomic E-state index is 0.223. The zero-order valence-corrected chi connectivity index (χ0v) is 11.9. The monoisotopic (exact) mass is 303 g/mol. The normalized spacial score (nSPS) is 12.7. The number of benzene rings is 1. The van der Waals surface area contributed by atoms with Gasteiger partial charge in [0.1, 0.15) is 5.82 Å². The van der Waals surface area contributed by atoms with Crippen LogP contribution in [0.3, 0.4) is 0 Å². The van der Waals surface area contributed by atoms with Gasteiger partial charge in [-0.3, -0.25) is 0 Å². The van der Waals surface area contributed by atoms with Gasteiger partial charge in [-0.15, -0.1) is 0 Å². The van der Waals surface area contributed by atoms with Gasteiger partial charge in [-0.2, -0.15) is 0 Å². The lowest BCUT2D eigenvalue weighted by Crippen LogP contribution is -2.30. The molecule has 0 saturated heterocycles. The van der Waals surface area contributed by atoms with Crippen molar-refractivity contribution in [1.29, 1.82) is 0 Å². The van der Waals surface area contributed by atoms with Crippen LogP contribution in [-0.4, -0.2) is 19.3 Å². The lowest BCUT2D eigenvalue weighted by molar-refractivity contribution is 0.115. The van der Waals surface area contributed by atoms with Gasteiger partial charge >= 0.3 is 0 Å². The van der Waals surface area contributed by atoms with E-state index in [0.717, 1.165) is 18.6 Å². The quantitative estimate of drug-likeness (QED) is 0.779. The molecule has 0 aromatic heterocycles. The van der Waals surface area contributed by atoms with Crippen molar-refractivity contribution in [3.05, 3.63) is 34.1 Å². The SMILES string of the molecule is CCCOCC(C)NCc1ccc(Br)c(F)c1. The van der Waals surface area contributed by atoms with Crippen molar-refractivity contribution in [2.75, 3.05) is 13.2 Å². The van der Waals surface area contributed by atoms with Gasteiger partial charge in [-0.05, 0) is 47.0 Å². The van der Waals surface area contributed by atoms with E-state index in [1.165, 1.54) is 6.07 Å². The van der Waals surface area contributed by atoms with Crippen LogP contribution in [0.5, 0.6) is 0 Å². The first-order valence-electron chi connectivity index (χ1n) is 5.88. The van der Waals surface area contributed by atoms with Crippen molar-refractivity contribution in [3.63, 3.8) is 0 Å². The number of rotatable bonds is 7. The zero-order valence-electron chi connectivity index (χ0n) is 10.3. The van der Waals surface area contributed by atoms with E-state index in [1.54, 1.807) is 6.07 Å². The molecule has 0 saturated carbocycles. The van der Waals surface area contributed by atoms with Crippen LogP contribution in [-0.2, 0) is 11.3 Å². The highest BCUT2D eigenvalue weighted by atomic mass is 79.9. The van der Waals surface area contributed by atoms with Crippen molar-refractivity contribution in [2.45, 2.75) is 32.9 Å². The Labute approximate surface area is 111 Å². The van der Waals surface area contributed by atoms with Crippen LogP contribution in [0, 0.1) is 5.82 Å². The molecule has 96 valence electrons. The lowest BCUT2D eigenvalue weighted by atomic mass is 10.2. The van der Waals surface area contributed by atoms with Crippen LogP contribution in [0.4, 0.5) is 4.39 Å². The average Bonchev–Trinajstić information content (AvgIpc) is 2.31. The summed E-state index contributed by atoms with van der Waals surface area (Å²) >= 11 is 3.14. The molecule has 2 nitrogen and oxygen atoms in total. The van der Waals surface area contributed by atoms with E-state index in [0.29, 0.717) is 17.6 Å². The Bertz CT molecular complexity index is 346. The molecule has 1 atom stereocenters. The van der Waals surface area contributed by atoms with Crippen molar-refractivity contribution in [1.82, 2.24) is 5.32 Å². The van der Waals surface area contributed by atoms with Crippen molar-refractivity contribution in [2.24, 2.45) is 0 Å². The number of ether oxygens (including phenoxy) is 1. The van der Waals surface area contributed by atoms with E-state index in [-0.39, 0.29) is 11.9 Å². The summed E-state index contributed by atoms with van der Waals surface area (Å²) < 4.78 is 19.2. The van der Waals surface area contributed by atoms with E-state index in [4.69, 9.17) is 4.74 Å². The second-order valence-corrected chi connectivity index (χ2v) is 4.96. The Morgan fingerprint density at radius 3 is 2.88 bits per heavy atom. The summed E-state index contributed by atoms with van der Waals surface area (Å²) in [6.07, 6.45) is 1.03. The van der Waals surface area contributed by atoms with Gasteiger partial charge in [-0.25, -0.2) is 4.39 Å². The molecule has 0 heterocycles. The number of hydrogen-bond acceptors (Lipinski definition) is 2. The predicted molar refractivity (Wildman–Crippen MR) is 71.5 cm³/mol. The second-order valence-electron chi connectivity index (χ2n) is 4.11. The molecular formula is C13H19BrFNO. The zero-order chi connectivity index (χ0) is 12.7. The van der Waals surface area contributed by atoms with Crippen molar-refractivity contribution < 1.29 is 9.13 Å². The fraction of sp³-hybridized carbons (Fsp3) is 0.538. The molecule has 0 aliphatic carbocycles. The number of hydrogen-bond donors (Lipinski definition) is 1. The van der Waals surface area contributed by atoms with Crippen LogP contribution in [0.2, 0.25) is 0 Å². The van der Waals surface area contributed by atoms with Crippen LogP contribution >= 0.6 is 15.9 Å². The average molecular weight is 304 g/mol. The number of nitrogens with one attached hydrogen (secondary N) is 1. The van der Waals surface area contributed by atoms with E-state index in [9.17, 15) is 4.39 Å². The van der Waals surface area contributed by atoms with Crippen molar-refractivity contribution in [3.8, 4) is 0 Å². The molecule has 0 radical (unpaired) electrons. The fourth-order valence-corrected chi connectivity index (χ4v) is 1.65. The predicted octanol–water partition coefficient (Wildman–Crippen LogP) is 3.49. The lowest BCUT2D eigenvalue weighted by Gasteiger charge is -2.14. The summed E-state index contributed by atoms with van der Waals surface area (Å²) in [7, 11) is 0. The third kappa shape index (κ3) is 5.61. The maximum absolute atomic E-state index is 13.3. The molecule has 1 aromatic carbocycles. The maximum Gasteiger partial charge on any atom is 0.137 e. The van der Waals surface area contributed by atoms with E-state index in [2.05, 4.69) is 35.1 Å². The Morgan fingerprint density at radius 2 is 2.24 bits per heavy atom. The summed E-state index contributed by atoms with van der Waals surface area (Å²) in [5, 5.41) is 3.30. The van der Waals surface area contributed by atoms with Gasteiger partial charge in [0, 0.05) is 19.2 Å². The van der Waals surface area contributed by atoms with Gasteiger partial charge in [0.15, 0.2) is 0 Å². The van der Waals surface area contributed by atoms with Crippen molar-refractivity contribution >= 4 is 15.9 Å². The minimum Gasteiger partial charge on any atom is -0.380 e. The summed E-state index contributed by atoms with van der Waals surface area (Å²) in [6.45, 7) is 6.28. The first-order valence-corrected chi connectivity index (χ1v) is 6.67. The Morgan fingerprint density at radius 1 is 1.47 bits per heavy atom. The van der Waals surface area contributed by atoms with Gasteiger partial charge in [0.05, 0.1) is 11.1 Å². The smallest absolute Gasteiger partial charge is 0.137 e. The molecule has 17 heavy (non-hydrogen) atoms. The molecule has 0 bridgehead atoms. The van der Waals surface area contributed by atoms with Crippen LogP contribution in [0.15, 0.2) is 22.7 Å². The summed E-state index contributed by atoms with van der Waals surface area (Å²) in [5.41, 5.74) is 0.938. The second kappa shape index (κ2) is 7.80. The highest BCUT2D eigenvalue weighted by Crippen LogP contribution is 2.16. The molecule has 0 fully saturated rings. The molecule has 0 aliphatic rings. The molecular weight excluding hydrogens is 285 g/mol. The van der Waals surface area contributed by atoms with Crippen LogP contribution < -0.4 is 5.32 Å². The molecule has 1 aromatic rings. The third-order valence-electron chi connectivity index (χ3n) is 2.35. The highest BCUT2D eigenvalue weighted by Gasteiger charge is 2.03. The van der Waals surface area contributed by atoms with Gasteiger partial charge in [0.25, 0.3) is 0 Å². The molecule has 0 amide bonds. The van der Waals surface area contributed by atoms with Gasteiger partial charge < -0.3 is 10.1 Å². The molecule has 1 N–H and O–H groups in total. The summed E-state index contributed by atoms with van der Waals surface area (Å²) in [6, 6.07) is 5.44. The largest absolute Gasteiger partial charge is 0.380 e. The fourth-order valence-electron chi connectivity index (χ4n) is 1.41. The topological polar surface area (TPSA) is 21.3 Å². The Balaban J connectivity index is 2.31. The molecule has 1 rings (SSSR count).